The van der Waals surface area contributed by atoms with E-state index in [1.165, 1.54) is 12.8 Å². The van der Waals surface area contributed by atoms with Gasteiger partial charge in [0.2, 0.25) is 5.91 Å². The molecule has 3 nitrogen and oxygen atoms in total. The third-order valence-corrected chi connectivity index (χ3v) is 3.09. The summed E-state index contributed by atoms with van der Waals surface area (Å²) >= 11 is 0. The molecule has 1 aliphatic heterocycles. The van der Waals surface area contributed by atoms with E-state index in [0.29, 0.717) is 6.42 Å². The molecule has 2 rings (SSSR count). The highest BCUT2D eigenvalue weighted by Crippen LogP contribution is 2.24. The summed E-state index contributed by atoms with van der Waals surface area (Å²) in [6.45, 7) is 4.03. The number of carbonyl (C=O) groups is 1. The van der Waals surface area contributed by atoms with Gasteiger partial charge in [0.15, 0.2) is 0 Å². The minimum absolute atomic E-state index is 0.246. The smallest absolute Gasteiger partial charge is 0.227 e. The van der Waals surface area contributed by atoms with E-state index in [1.54, 1.807) is 0 Å². The molecule has 0 spiro atoms. The predicted molar refractivity (Wildman–Crippen MR) is 71.4 cm³/mol. The van der Waals surface area contributed by atoms with E-state index in [1.807, 2.05) is 17.0 Å². The Bertz CT molecular complexity index is 390. The molecule has 1 fully saturated rings. The lowest BCUT2D eigenvalue weighted by Gasteiger charge is -2.17. The van der Waals surface area contributed by atoms with Crippen molar-refractivity contribution >= 4 is 17.3 Å². The van der Waals surface area contributed by atoms with E-state index in [0.717, 1.165) is 30.9 Å². The average Bonchev–Trinajstić information content (AvgIpc) is 2.76. The van der Waals surface area contributed by atoms with Gasteiger partial charge in [0.05, 0.1) is 0 Å². The van der Waals surface area contributed by atoms with Crippen molar-refractivity contribution in [2.45, 2.75) is 32.6 Å². The van der Waals surface area contributed by atoms with Gasteiger partial charge in [-0.25, -0.2) is 0 Å². The van der Waals surface area contributed by atoms with Crippen LogP contribution in [-0.4, -0.2) is 19.0 Å². The monoisotopic (exact) mass is 232 g/mol. The van der Waals surface area contributed by atoms with E-state index in [9.17, 15) is 4.79 Å². The number of amides is 1. The number of benzene rings is 1. The van der Waals surface area contributed by atoms with Crippen LogP contribution in [0.5, 0.6) is 0 Å². The number of carbonyl (C=O) groups excluding carboxylic acids is 1. The summed E-state index contributed by atoms with van der Waals surface area (Å²) in [6, 6.07) is 8.14. The zero-order chi connectivity index (χ0) is 12.1. The van der Waals surface area contributed by atoms with Gasteiger partial charge in [0, 0.05) is 30.9 Å². The molecule has 1 amide bonds. The molecule has 1 aromatic rings. The van der Waals surface area contributed by atoms with Gasteiger partial charge in [-0.2, -0.15) is 0 Å². The highest BCUT2D eigenvalue weighted by molar-refractivity contribution is 5.95. The first-order valence-corrected chi connectivity index (χ1v) is 6.45. The quantitative estimate of drug-likeness (QED) is 0.791. The zero-order valence-corrected chi connectivity index (χ0v) is 10.4. The molecule has 1 heterocycles. The second-order valence-electron chi connectivity index (χ2n) is 4.48. The van der Waals surface area contributed by atoms with E-state index in [-0.39, 0.29) is 5.91 Å². The summed E-state index contributed by atoms with van der Waals surface area (Å²) in [5.74, 6) is 0.246. The van der Waals surface area contributed by atoms with Gasteiger partial charge >= 0.3 is 0 Å². The van der Waals surface area contributed by atoms with Crippen LogP contribution in [0.2, 0.25) is 0 Å². The van der Waals surface area contributed by atoms with Gasteiger partial charge in [-0.05, 0) is 31.0 Å². The molecule has 1 aromatic carbocycles. The van der Waals surface area contributed by atoms with Gasteiger partial charge < -0.3 is 10.2 Å². The molecule has 0 atom stereocenters. The molecular formula is C14H20N2O. The molecule has 1 aliphatic rings. The second-order valence-corrected chi connectivity index (χ2v) is 4.48. The summed E-state index contributed by atoms with van der Waals surface area (Å²) in [5, 5.41) is 3.39. The summed E-state index contributed by atoms with van der Waals surface area (Å²) in [5.41, 5.74) is 2.13. The first-order chi connectivity index (χ1) is 8.31. The van der Waals surface area contributed by atoms with E-state index in [4.69, 9.17) is 0 Å². The van der Waals surface area contributed by atoms with Gasteiger partial charge in [-0.1, -0.05) is 19.4 Å². The molecule has 0 unspecified atom stereocenters. The molecular weight excluding hydrogens is 212 g/mol. The molecule has 0 radical (unpaired) electrons. The minimum Gasteiger partial charge on any atom is -0.385 e. The number of rotatable bonds is 5. The van der Waals surface area contributed by atoms with Crippen LogP contribution < -0.4 is 10.2 Å². The van der Waals surface area contributed by atoms with Gasteiger partial charge in [-0.15, -0.1) is 0 Å². The number of hydrogen-bond donors (Lipinski definition) is 1. The van der Waals surface area contributed by atoms with E-state index in [2.05, 4.69) is 24.4 Å². The van der Waals surface area contributed by atoms with Crippen LogP contribution in [0.4, 0.5) is 11.4 Å². The Morgan fingerprint density at radius 3 is 3.00 bits per heavy atom. The highest BCUT2D eigenvalue weighted by Gasteiger charge is 2.21. The Morgan fingerprint density at radius 1 is 1.41 bits per heavy atom. The summed E-state index contributed by atoms with van der Waals surface area (Å²) in [4.78, 5) is 13.5. The van der Waals surface area contributed by atoms with Crippen molar-refractivity contribution < 1.29 is 4.79 Å². The summed E-state index contributed by atoms with van der Waals surface area (Å²) < 4.78 is 0. The number of hydrogen-bond acceptors (Lipinski definition) is 2. The van der Waals surface area contributed by atoms with Gasteiger partial charge in [-0.3, -0.25) is 4.79 Å². The standard InChI is InChI=1S/C14H20N2O/c1-2-3-9-15-12-6-4-7-13(11-12)16-10-5-8-14(16)17/h4,6-7,11,15H,2-3,5,8-10H2,1H3. The Morgan fingerprint density at radius 2 is 2.29 bits per heavy atom. The lowest BCUT2D eigenvalue weighted by atomic mass is 10.2. The lowest BCUT2D eigenvalue weighted by molar-refractivity contribution is -0.117. The number of anilines is 2. The molecule has 0 saturated carbocycles. The Labute approximate surface area is 103 Å². The van der Waals surface area contributed by atoms with E-state index < -0.39 is 0 Å². The lowest BCUT2D eigenvalue weighted by Crippen LogP contribution is -2.23. The molecule has 3 heteroatoms. The molecule has 0 aromatic heterocycles. The maximum Gasteiger partial charge on any atom is 0.227 e. The topological polar surface area (TPSA) is 32.3 Å². The van der Waals surface area contributed by atoms with Crippen molar-refractivity contribution in [2.24, 2.45) is 0 Å². The fourth-order valence-corrected chi connectivity index (χ4v) is 2.11. The highest BCUT2D eigenvalue weighted by atomic mass is 16.2. The maximum absolute atomic E-state index is 11.7. The van der Waals surface area contributed by atoms with Crippen LogP contribution in [0.3, 0.4) is 0 Å². The number of unbranched alkanes of at least 4 members (excludes halogenated alkanes) is 1. The first kappa shape index (κ1) is 12.0. The van der Waals surface area contributed by atoms with Crippen molar-refractivity contribution in [3.63, 3.8) is 0 Å². The van der Waals surface area contributed by atoms with Crippen LogP contribution in [0, 0.1) is 0 Å². The fraction of sp³-hybridized carbons (Fsp3) is 0.500. The Kier molecular flexibility index (Phi) is 4.02. The largest absolute Gasteiger partial charge is 0.385 e. The predicted octanol–water partition coefficient (Wildman–Crippen LogP) is 3.03. The molecule has 17 heavy (non-hydrogen) atoms. The third-order valence-electron chi connectivity index (χ3n) is 3.09. The normalized spacial score (nSPS) is 15.4. The average molecular weight is 232 g/mol. The second kappa shape index (κ2) is 5.71. The molecule has 92 valence electrons. The first-order valence-electron chi connectivity index (χ1n) is 6.45. The third kappa shape index (κ3) is 2.99. The SMILES string of the molecule is CCCCNc1cccc(N2CCCC2=O)c1. The van der Waals surface area contributed by atoms with Crippen LogP contribution >= 0.6 is 0 Å². The van der Waals surface area contributed by atoms with Crippen LogP contribution in [0.15, 0.2) is 24.3 Å². The van der Waals surface area contributed by atoms with Crippen molar-refractivity contribution in [3.05, 3.63) is 24.3 Å². The van der Waals surface area contributed by atoms with E-state index >= 15 is 0 Å². The number of nitrogens with zero attached hydrogens (tertiary/aromatic N) is 1. The van der Waals surface area contributed by atoms with Crippen molar-refractivity contribution in [3.8, 4) is 0 Å². The minimum atomic E-state index is 0.246. The maximum atomic E-state index is 11.7. The molecule has 1 saturated heterocycles. The molecule has 0 bridgehead atoms. The van der Waals surface area contributed by atoms with Crippen LogP contribution in [-0.2, 0) is 4.79 Å². The van der Waals surface area contributed by atoms with Crippen molar-refractivity contribution in [2.75, 3.05) is 23.3 Å². The van der Waals surface area contributed by atoms with Crippen LogP contribution in [0.25, 0.3) is 0 Å². The summed E-state index contributed by atoms with van der Waals surface area (Å²) in [7, 11) is 0. The molecule has 0 aliphatic carbocycles. The Hall–Kier alpha value is -1.51. The van der Waals surface area contributed by atoms with Crippen molar-refractivity contribution in [1.29, 1.82) is 0 Å². The van der Waals surface area contributed by atoms with Gasteiger partial charge in [0.1, 0.15) is 0 Å². The molecule has 1 N–H and O–H groups in total. The van der Waals surface area contributed by atoms with Crippen molar-refractivity contribution in [1.82, 2.24) is 0 Å². The summed E-state index contributed by atoms with van der Waals surface area (Å²) in [6.07, 6.45) is 4.03. The number of nitrogens with one attached hydrogen (secondary N) is 1. The Balaban J connectivity index is 2.03. The van der Waals surface area contributed by atoms with Gasteiger partial charge in [0.25, 0.3) is 0 Å². The van der Waals surface area contributed by atoms with Crippen LogP contribution in [0.1, 0.15) is 32.6 Å². The fourth-order valence-electron chi connectivity index (χ4n) is 2.11. The zero-order valence-electron chi connectivity index (χ0n) is 10.4.